The minimum Gasteiger partial charge on any atom is -0.481 e. The van der Waals surface area contributed by atoms with Crippen LogP contribution < -0.4 is 4.74 Å². The molecule has 3 aromatic heterocycles. The van der Waals surface area contributed by atoms with Gasteiger partial charge in [0.2, 0.25) is 5.88 Å². The molecule has 0 spiro atoms. The molecule has 0 fully saturated rings. The highest BCUT2D eigenvalue weighted by Crippen LogP contribution is 2.32. The number of ketones is 1. The summed E-state index contributed by atoms with van der Waals surface area (Å²) in [7, 11) is 1.52. The highest BCUT2D eigenvalue weighted by molar-refractivity contribution is 7.18. The van der Waals surface area contributed by atoms with E-state index >= 15 is 0 Å². The lowest BCUT2D eigenvalue weighted by molar-refractivity contribution is -0.117. The Kier molecular flexibility index (Phi) is 6.59. The Hall–Kier alpha value is -2.09. The molecule has 8 heteroatoms. The van der Waals surface area contributed by atoms with E-state index in [1.165, 1.54) is 24.6 Å². The summed E-state index contributed by atoms with van der Waals surface area (Å²) in [5.41, 5.74) is 3.24. The van der Waals surface area contributed by atoms with E-state index in [1.807, 2.05) is 20.8 Å². The monoisotopic (exact) mass is 419 g/mol. The fourth-order valence-corrected chi connectivity index (χ4v) is 4.19. The second-order valence-corrected chi connectivity index (χ2v) is 8.01. The van der Waals surface area contributed by atoms with Crippen molar-refractivity contribution in [2.75, 3.05) is 13.7 Å². The lowest BCUT2D eigenvalue weighted by atomic mass is 9.97. The molecule has 0 aromatic carbocycles. The van der Waals surface area contributed by atoms with Crippen molar-refractivity contribution < 1.29 is 14.3 Å². The molecule has 0 aliphatic heterocycles. The molecule has 0 saturated carbocycles. The molecule has 1 atom stereocenters. The van der Waals surface area contributed by atoms with Gasteiger partial charge in [0.25, 0.3) is 0 Å². The number of nitrogens with zero attached hydrogens (tertiary/aromatic N) is 3. The van der Waals surface area contributed by atoms with Crippen LogP contribution in [0.25, 0.3) is 10.3 Å². The van der Waals surface area contributed by atoms with Crippen LogP contribution in [-0.4, -0.2) is 34.5 Å². The fourth-order valence-electron chi connectivity index (χ4n) is 3.23. The summed E-state index contributed by atoms with van der Waals surface area (Å²) in [5, 5.41) is 1.40. The molecule has 3 heterocycles. The van der Waals surface area contributed by atoms with Crippen LogP contribution in [0.5, 0.6) is 5.88 Å². The number of rotatable bonds is 8. The summed E-state index contributed by atoms with van der Waals surface area (Å²) >= 11 is 7.56. The quantitative estimate of drug-likeness (QED) is 0.534. The molecule has 3 aromatic rings. The van der Waals surface area contributed by atoms with Crippen molar-refractivity contribution in [3.63, 3.8) is 0 Å². The zero-order valence-corrected chi connectivity index (χ0v) is 17.9. The molecule has 3 rings (SSSR count). The first-order chi connectivity index (χ1) is 13.4. The van der Waals surface area contributed by atoms with Crippen LogP contribution in [0, 0.1) is 6.92 Å². The third-order valence-electron chi connectivity index (χ3n) is 4.34. The standard InChI is InChI=1S/C20H22ClN3O3S/c1-5-27-11(2)17-14(9-23-20-18(17)24-12(3)28-20)8-16(25)7-13-6-15(21)10-22-19(13)26-4/h6,9-11H,5,7-8H2,1-4H3. The smallest absolute Gasteiger partial charge is 0.216 e. The average Bonchev–Trinajstić information content (AvgIpc) is 3.02. The molecule has 0 bridgehead atoms. The predicted octanol–water partition coefficient (Wildman–Crippen LogP) is 4.51. The molecule has 0 saturated heterocycles. The van der Waals surface area contributed by atoms with Gasteiger partial charge in [0.1, 0.15) is 16.1 Å². The molecule has 0 aliphatic rings. The van der Waals surface area contributed by atoms with Gasteiger partial charge in [-0.1, -0.05) is 22.9 Å². The Morgan fingerprint density at radius 1 is 1.25 bits per heavy atom. The van der Waals surface area contributed by atoms with Gasteiger partial charge in [0.15, 0.2) is 0 Å². The van der Waals surface area contributed by atoms with Crippen LogP contribution in [0.15, 0.2) is 18.5 Å². The molecule has 0 aliphatic carbocycles. The van der Waals surface area contributed by atoms with E-state index in [2.05, 4.69) is 15.0 Å². The van der Waals surface area contributed by atoms with E-state index in [0.717, 1.165) is 26.5 Å². The minimum absolute atomic E-state index is 0.0143. The van der Waals surface area contributed by atoms with Crippen molar-refractivity contribution in [1.29, 1.82) is 0 Å². The molecule has 0 N–H and O–H groups in total. The van der Waals surface area contributed by atoms with E-state index in [9.17, 15) is 4.79 Å². The Balaban J connectivity index is 1.92. The number of hydrogen-bond donors (Lipinski definition) is 0. The number of hydrogen-bond acceptors (Lipinski definition) is 7. The SMILES string of the molecule is CCOC(C)c1c(CC(=O)Cc2cc(Cl)cnc2OC)cnc2sc(C)nc12. The van der Waals surface area contributed by atoms with Gasteiger partial charge in [-0.05, 0) is 32.4 Å². The van der Waals surface area contributed by atoms with Gasteiger partial charge in [0, 0.05) is 43.0 Å². The molecule has 6 nitrogen and oxygen atoms in total. The number of carbonyl (C=O) groups is 1. The molecule has 0 radical (unpaired) electrons. The largest absolute Gasteiger partial charge is 0.481 e. The Labute approximate surface area is 172 Å². The number of fused-ring (bicyclic) bond motifs is 1. The number of halogens is 1. The Morgan fingerprint density at radius 3 is 2.71 bits per heavy atom. The van der Waals surface area contributed by atoms with Gasteiger partial charge >= 0.3 is 0 Å². The number of aryl methyl sites for hydroxylation is 1. The summed E-state index contributed by atoms with van der Waals surface area (Å²) in [6.45, 7) is 6.45. The number of Topliss-reactive ketones (excluding diaryl/α,β-unsaturated/α-hetero) is 1. The number of carbonyl (C=O) groups excluding carboxylic acids is 1. The third-order valence-corrected chi connectivity index (χ3v) is 5.42. The van der Waals surface area contributed by atoms with E-state index in [1.54, 1.807) is 12.3 Å². The van der Waals surface area contributed by atoms with Crippen LogP contribution >= 0.6 is 22.9 Å². The predicted molar refractivity (Wildman–Crippen MR) is 110 cm³/mol. The number of pyridine rings is 2. The van der Waals surface area contributed by atoms with Crippen LogP contribution in [0.2, 0.25) is 5.02 Å². The Bertz CT molecular complexity index is 1010. The van der Waals surface area contributed by atoms with Gasteiger partial charge in [-0.3, -0.25) is 4.79 Å². The normalized spacial score (nSPS) is 12.3. The number of ether oxygens (including phenoxy) is 2. The van der Waals surface area contributed by atoms with Crippen molar-refractivity contribution >= 4 is 39.1 Å². The fraction of sp³-hybridized carbons (Fsp3) is 0.400. The first-order valence-electron chi connectivity index (χ1n) is 8.99. The lowest BCUT2D eigenvalue weighted by Crippen LogP contribution is -2.12. The number of thiazole rings is 1. The zero-order chi connectivity index (χ0) is 20.3. The summed E-state index contributed by atoms with van der Waals surface area (Å²) < 4.78 is 11.1. The summed E-state index contributed by atoms with van der Waals surface area (Å²) in [6.07, 6.45) is 3.48. The first kappa shape index (κ1) is 20.6. The van der Waals surface area contributed by atoms with Gasteiger partial charge < -0.3 is 9.47 Å². The van der Waals surface area contributed by atoms with Crippen LogP contribution in [0.1, 0.15) is 41.6 Å². The van der Waals surface area contributed by atoms with E-state index in [-0.39, 0.29) is 24.7 Å². The van der Waals surface area contributed by atoms with E-state index in [0.29, 0.717) is 23.1 Å². The van der Waals surface area contributed by atoms with E-state index in [4.69, 9.17) is 21.1 Å². The zero-order valence-electron chi connectivity index (χ0n) is 16.3. The topological polar surface area (TPSA) is 74.2 Å². The maximum absolute atomic E-state index is 12.8. The molecule has 148 valence electrons. The van der Waals surface area contributed by atoms with Gasteiger partial charge in [0.05, 0.1) is 23.2 Å². The summed E-state index contributed by atoms with van der Waals surface area (Å²) in [5.74, 6) is 0.421. The average molecular weight is 420 g/mol. The molecular weight excluding hydrogens is 398 g/mol. The first-order valence-corrected chi connectivity index (χ1v) is 10.2. The molecule has 1 unspecified atom stereocenters. The van der Waals surface area contributed by atoms with Crippen molar-refractivity contribution in [3.8, 4) is 5.88 Å². The third kappa shape index (κ3) is 4.48. The van der Waals surface area contributed by atoms with Gasteiger partial charge in [-0.15, -0.1) is 0 Å². The maximum Gasteiger partial charge on any atom is 0.216 e. The molecule has 28 heavy (non-hydrogen) atoms. The number of aromatic nitrogens is 3. The minimum atomic E-state index is -0.179. The maximum atomic E-state index is 12.8. The van der Waals surface area contributed by atoms with Crippen molar-refractivity contribution in [3.05, 3.63) is 45.2 Å². The second kappa shape index (κ2) is 8.94. The highest BCUT2D eigenvalue weighted by atomic mass is 35.5. The molecule has 0 amide bonds. The van der Waals surface area contributed by atoms with Gasteiger partial charge in [-0.25, -0.2) is 15.0 Å². The van der Waals surface area contributed by atoms with Crippen LogP contribution in [0.3, 0.4) is 0 Å². The summed E-state index contributed by atoms with van der Waals surface area (Å²) in [4.78, 5) is 26.9. The lowest BCUT2D eigenvalue weighted by Gasteiger charge is -2.17. The van der Waals surface area contributed by atoms with Crippen molar-refractivity contribution in [2.24, 2.45) is 0 Å². The van der Waals surface area contributed by atoms with Crippen LogP contribution in [-0.2, 0) is 22.4 Å². The highest BCUT2D eigenvalue weighted by Gasteiger charge is 2.21. The Morgan fingerprint density at radius 2 is 2.00 bits per heavy atom. The van der Waals surface area contributed by atoms with Crippen molar-refractivity contribution in [2.45, 2.75) is 39.7 Å². The second-order valence-electron chi connectivity index (χ2n) is 6.40. The number of methoxy groups -OCH3 is 1. The van der Waals surface area contributed by atoms with E-state index < -0.39 is 0 Å². The van der Waals surface area contributed by atoms with Crippen LogP contribution in [0.4, 0.5) is 0 Å². The summed E-state index contributed by atoms with van der Waals surface area (Å²) in [6, 6.07) is 1.71. The molecular formula is C20H22ClN3O3S. The van der Waals surface area contributed by atoms with Crippen molar-refractivity contribution in [1.82, 2.24) is 15.0 Å². The van der Waals surface area contributed by atoms with Gasteiger partial charge in [-0.2, -0.15) is 0 Å².